The fraction of sp³-hybridized carbons (Fsp3) is 0.355. The van der Waals surface area contributed by atoms with Crippen LogP contribution < -0.4 is 19.4 Å². The zero-order valence-electron chi connectivity index (χ0n) is 21.3. The molecule has 1 aliphatic carbocycles. The van der Waals surface area contributed by atoms with Crippen LogP contribution in [0, 0.1) is 0 Å². The predicted octanol–water partition coefficient (Wildman–Crippen LogP) is 5.76. The summed E-state index contributed by atoms with van der Waals surface area (Å²) in [5.41, 5.74) is 8.19. The summed E-state index contributed by atoms with van der Waals surface area (Å²) >= 11 is 0. The summed E-state index contributed by atoms with van der Waals surface area (Å²) in [6.07, 6.45) is 5.83. The number of ether oxygens (including phenoxy) is 1. The third kappa shape index (κ3) is 3.34. The zero-order chi connectivity index (χ0) is 24.2. The lowest BCUT2D eigenvalue weighted by Crippen LogP contribution is -2.55. The van der Waals surface area contributed by atoms with Gasteiger partial charge in [0.2, 0.25) is 0 Å². The first-order chi connectivity index (χ1) is 16.9. The van der Waals surface area contributed by atoms with Crippen LogP contribution in [0.1, 0.15) is 30.5 Å². The van der Waals surface area contributed by atoms with E-state index in [9.17, 15) is 0 Å². The molecule has 3 aromatic carbocycles. The lowest BCUT2D eigenvalue weighted by Gasteiger charge is -2.46. The van der Waals surface area contributed by atoms with E-state index < -0.39 is 0 Å². The van der Waals surface area contributed by atoms with Crippen LogP contribution in [0.5, 0.6) is 5.75 Å². The van der Waals surface area contributed by atoms with Crippen LogP contribution in [0.15, 0.2) is 72.8 Å². The number of anilines is 3. The number of nitrogens with zero attached hydrogens (tertiary/aromatic N) is 3. The Kier molecular flexibility index (Phi) is 5.10. The molecule has 3 aliphatic rings. The summed E-state index contributed by atoms with van der Waals surface area (Å²) in [4.78, 5) is 7.56. The van der Waals surface area contributed by atoms with Crippen molar-refractivity contribution in [2.75, 3.05) is 55.0 Å². The second kappa shape index (κ2) is 8.08. The number of fused-ring (bicyclic) bond motifs is 2. The molecule has 4 nitrogen and oxygen atoms in total. The fourth-order valence-electron chi connectivity index (χ4n) is 6.50. The first-order valence-electron chi connectivity index (χ1n) is 12.7. The minimum absolute atomic E-state index is 0.0205. The summed E-state index contributed by atoms with van der Waals surface area (Å²) in [6.45, 7) is 8.93. The predicted molar refractivity (Wildman–Crippen MR) is 147 cm³/mol. The van der Waals surface area contributed by atoms with Crippen LogP contribution in [0.2, 0.25) is 0 Å². The van der Waals surface area contributed by atoms with Crippen molar-refractivity contribution in [3.63, 3.8) is 0 Å². The highest BCUT2D eigenvalue weighted by atomic mass is 16.5. The van der Waals surface area contributed by atoms with Crippen molar-refractivity contribution in [2.24, 2.45) is 0 Å². The standard InChI is InChI=1S/C31H35N3O/c1-30(2)28-14-11-26(34-19-17-33(18-20-34)25-9-12-27(35-4)13-10-25)21-29(28)32(3)31(30)16-15-23-7-5-6-8-24(23)22-31/h5-16,21H,17-20,22H2,1-4H3. The number of likely N-dealkylation sites (N-methyl/N-ethyl adjacent to an activating group) is 1. The molecule has 2 heterocycles. The van der Waals surface area contributed by atoms with Gasteiger partial charge in [0, 0.05) is 62.1 Å². The van der Waals surface area contributed by atoms with E-state index in [0.29, 0.717) is 0 Å². The van der Waals surface area contributed by atoms with Crippen LogP contribution in [-0.2, 0) is 11.8 Å². The van der Waals surface area contributed by atoms with Crippen LogP contribution in [-0.4, -0.2) is 45.9 Å². The molecule has 1 atom stereocenters. The Balaban J connectivity index is 1.24. The molecule has 0 N–H and O–H groups in total. The summed E-state index contributed by atoms with van der Waals surface area (Å²) in [5.74, 6) is 0.909. The molecule has 1 unspecified atom stereocenters. The lowest BCUT2D eigenvalue weighted by atomic mass is 9.65. The summed E-state index contributed by atoms with van der Waals surface area (Å²) in [6, 6.07) is 24.4. The van der Waals surface area contributed by atoms with Crippen molar-refractivity contribution >= 4 is 23.1 Å². The topological polar surface area (TPSA) is 19.0 Å². The number of hydrogen-bond donors (Lipinski definition) is 0. The van der Waals surface area contributed by atoms with E-state index in [1.165, 1.54) is 33.8 Å². The fourth-order valence-corrected chi connectivity index (χ4v) is 6.50. The Bertz CT molecular complexity index is 1270. The minimum Gasteiger partial charge on any atom is -0.497 e. The average Bonchev–Trinajstić information content (AvgIpc) is 3.06. The summed E-state index contributed by atoms with van der Waals surface area (Å²) in [7, 11) is 4.01. The number of rotatable bonds is 3. The Morgan fingerprint density at radius 3 is 2.17 bits per heavy atom. The van der Waals surface area contributed by atoms with Gasteiger partial charge in [0.1, 0.15) is 5.75 Å². The van der Waals surface area contributed by atoms with E-state index in [-0.39, 0.29) is 11.0 Å². The molecule has 0 bridgehead atoms. The quantitative estimate of drug-likeness (QED) is 0.490. The summed E-state index contributed by atoms with van der Waals surface area (Å²) < 4.78 is 5.32. The Morgan fingerprint density at radius 1 is 0.800 bits per heavy atom. The van der Waals surface area contributed by atoms with Gasteiger partial charge in [-0.15, -0.1) is 0 Å². The molecular weight excluding hydrogens is 430 g/mol. The first-order valence-corrected chi connectivity index (χ1v) is 12.7. The third-order valence-corrected chi connectivity index (χ3v) is 8.83. The third-order valence-electron chi connectivity index (χ3n) is 8.83. The molecule has 6 rings (SSSR count). The van der Waals surface area contributed by atoms with E-state index in [4.69, 9.17) is 4.74 Å². The molecule has 1 fully saturated rings. The highest BCUT2D eigenvalue weighted by Crippen LogP contribution is 2.55. The maximum absolute atomic E-state index is 5.32. The molecular formula is C31H35N3O. The van der Waals surface area contributed by atoms with Gasteiger partial charge in [0.25, 0.3) is 0 Å². The zero-order valence-corrected chi connectivity index (χ0v) is 21.3. The van der Waals surface area contributed by atoms with E-state index in [1.807, 2.05) is 12.1 Å². The van der Waals surface area contributed by atoms with Crippen LogP contribution in [0.4, 0.5) is 17.1 Å². The van der Waals surface area contributed by atoms with Gasteiger partial charge in [-0.3, -0.25) is 0 Å². The second-order valence-corrected chi connectivity index (χ2v) is 10.7. The van der Waals surface area contributed by atoms with E-state index in [2.05, 4.69) is 102 Å². The molecule has 0 amide bonds. The normalized spacial score (nSPS) is 22.3. The van der Waals surface area contributed by atoms with E-state index in [0.717, 1.165) is 38.3 Å². The molecule has 3 aromatic rings. The molecule has 0 aromatic heterocycles. The lowest BCUT2D eigenvalue weighted by molar-refractivity contribution is 0.330. The molecule has 1 spiro atoms. The maximum Gasteiger partial charge on any atom is 0.119 e. The van der Waals surface area contributed by atoms with E-state index in [1.54, 1.807) is 7.11 Å². The smallest absolute Gasteiger partial charge is 0.119 e. The second-order valence-electron chi connectivity index (χ2n) is 10.7. The molecule has 2 aliphatic heterocycles. The number of piperazine rings is 1. The van der Waals surface area contributed by atoms with Crippen molar-refractivity contribution < 1.29 is 4.74 Å². The number of methoxy groups -OCH3 is 1. The summed E-state index contributed by atoms with van der Waals surface area (Å²) in [5, 5.41) is 0. The van der Waals surface area contributed by atoms with Crippen LogP contribution >= 0.6 is 0 Å². The average molecular weight is 466 g/mol. The Morgan fingerprint density at radius 2 is 1.46 bits per heavy atom. The van der Waals surface area contributed by atoms with Crippen molar-refractivity contribution in [1.82, 2.24) is 0 Å². The Hall–Kier alpha value is -3.40. The van der Waals surface area contributed by atoms with E-state index >= 15 is 0 Å². The number of hydrogen-bond acceptors (Lipinski definition) is 4. The van der Waals surface area contributed by atoms with Gasteiger partial charge < -0.3 is 19.4 Å². The first kappa shape index (κ1) is 22.1. The molecule has 1 saturated heterocycles. The van der Waals surface area contributed by atoms with Gasteiger partial charge in [-0.2, -0.15) is 0 Å². The van der Waals surface area contributed by atoms with Crippen molar-refractivity contribution in [2.45, 2.75) is 31.2 Å². The van der Waals surface area contributed by atoms with Gasteiger partial charge in [-0.25, -0.2) is 0 Å². The molecule has 35 heavy (non-hydrogen) atoms. The molecule has 180 valence electrons. The molecule has 4 heteroatoms. The largest absolute Gasteiger partial charge is 0.497 e. The van der Waals surface area contributed by atoms with Gasteiger partial charge in [0.05, 0.1) is 12.6 Å². The monoisotopic (exact) mass is 465 g/mol. The van der Waals surface area contributed by atoms with Crippen LogP contribution in [0.3, 0.4) is 0 Å². The highest BCUT2D eigenvalue weighted by Gasteiger charge is 2.54. The van der Waals surface area contributed by atoms with Gasteiger partial charge in [-0.05, 0) is 53.1 Å². The van der Waals surface area contributed by atoms with Gasteiger partial charge in [0.15, 0.2) is 0 Å². The molecule has 0 saturated carbocycles. The van der Waals surface area contributed by atoms with Crippen molar-refractivity contribution in [1.29, 1.82) is 0 Å². The van der Waals surface area contributed by atoms with Crippen molar-refractivity contribution in [3.8, 4) is 5.75 Å². The van der Waals surface area contributed by atoms with Gasteiger partial charge >= 0.3 is 0 Å². The van der Waals surface area contributed by atoms with Crippen molar-refractivity contribution in [3.05, 3.63) is 89.5 Å². The van der Waals surface area contributed by atoms with Crippen LogP contribution in [0.25, 0.3) is 6.08 Å². The SMILES string of the molecule is COc1ccc(N2CCN(c3ccc4c(c3)N(C)C3(C=Cc5ccccc5C3)C4(C)C)CC2)cc1. The minimum atomic E-state index is -0.0463. The Labute approximate surface area is 209 Å². The molecule has 0 radical (unpaired) electrons. The number of benzene rings is 3. The van der Waals surface area contributed by atoms with Gasteiger partial charge in [-0.1, -0.05) is 56.3 Å². The highest BCUT2D eigenvalue weighted by molar-refractivity contribution is 5.76. The maximum atomic E-state index is 5.32.